The van der Waals surface area contributed by atoms with Gasteiger partial charge in [0.2, 0.25) is 5.89 Å². The van der Waals surface area contributed by atoms with Crippen LogP contribution >= 0.6 is 0 Å². The van der Waals surface area contributed by atoms with Gasteiger partial charge in [-0.3, -0.25) is 0 Å². The lowest BCUT2D eigenvalue weighted by Gasteiger charge is -2.20. The molecule has 0 saturated carbocycles. The first-order valence-corrected chi connectivity index (χ1v) is 7.25. The molecule has 2 rings (SSSR count). The van der Waals surface area contributed by atoms with Crippen molar-refractivity contribution in [3.63, 3.8) is 0 Å². The van der Waals surface area contributed by atoms with Crippen LogP contribution in [0.5, 0.6) is 0 Å². The molecule has 22 heavy (non-hydrogen) atoms. The molecule has 0 bridgehead atoms. The topological polar surface area (TPSA) is 78.6 Å². The Bertz CT molecular complexity index is 652. The summed E-state index contributed by atoms with van der Waals surface area (Å²) in [6.07, 6.45) is 1.60. The second-order valence-electron chi connectivity index (χ2n) is 5.06. The number of hydrogen-bond donors (Lipinski definition) is 2. The van der Waals surface area contributed by atoms with Gasteiger partial charge in [0.15, 0.2) is 0 Å². The molecular weight excluding hydrogens is 282 g/mol. The van der Waals surface area contributed by atoms with Crippen LogP contribution in [-0.4, -0.2) is 40.7 Å². The summed E-state index contributed by atoms with van der Waals surface area (Å²) in [5.74, 6) is 0.536. The lowest BCUT2D eigenvalue weighted by molar-refractivity contribution is 0.192. The van der Waals surface area contributed by atoms with Crippen LogP contribution in [0.2, 0.25) is 0 Å². The van der Waals surface area contributed by atoms with E-state index in [1.807, 2.05) is 39.0 Å². The molecule has 0 radical (unpaired) electrons. The zero-order valence-corrected chi connectivity index (χ0v) is 13.1. The Morgan fingerprint density at radius 2 is 2.18 bits per heavy atom. The number of likely N-dealkylation sites (N-methyl/N-ethyl adjacent to an activating group) is 1. The number of aliphatic hydroxyl groups excluding tert-OH is 1. The first-order valence-electron chi connectivity index (χ1n) is 7.25. The van der Waals surface area contributed by atoms with E-state index in [2.05, 4.69) is 10.3 Å². The maximum Gasteiger partial charge on any atom is 0.321 e. The highest BCUT2D eigenvalue weighted by Gasteiger charge is 2.13. The number of nitrogens with zero attached hydrogens (tertiary/aromatic N) is 2. The molecular formula is C16H21N3O3. The summed E-state index contributed by atoms with van der Waals surface area (Å²) in [7, 11) is 0. The molecule has 6 nitrogen and oxygen atoms in total. The number of rotatable bonds is 5. The summed E-state index contributed by atoms with van der Waals surface area (Å²) < 4.78 is 5.43. The summed E-state index contributed by atoms with van der Waals surface area (Å²) in [5.41, 5.74) is 3.33. The van der Waals surface area contributed by atoms with Gasteiger partial charge in [0.1, 0.15) is 6.26 Å². The van der Waals surface area contributed by atoms with E-state index in [1.165, 1.54) is 4.90 Å². The third-order valence-corrected chi connectivity index (χ3v) is 3.38. The summed E-state index contributed by atoms with van der Waals surface area (Å²) in [5, 5.41) is 11.8. The lowest BCUT2D eigenvalue weighted by Crippen LogP contribution is -2.36. The van der Waals surface area contributed by atoms with Gasteiger partial charge in [-0.1, -0.05) is 6.07 Å². The van der Waals surface area contributed by atoms with E-state index < -0.39 is 0 Å². The molecule has 0 atom stereocenters. The quantitative estimate of drug-likeness (QED) is 0.890. The van der Waals surface area contributed by atoms with Crippen LogP contribution in [0.15, 0.2) is 28.9 Å². The number of carbonyl (C=O) groups is 1. The third kappa shape index (κ3) is 3.65. The molecule has 2 aromatic rings. The predicted octanol–water partition coefficient (Wildman–Crippen LogP) is 2.80. The van der Waals surface area contributed by atoms with Crippen LogP contribution in [0.3, 0.4) is 0 Å². The zero-order chi connectivity index (χ0) is 16.1. The molecule has 2 amide bonds. The van der Waals surface area contributed by atoms with Gasteiger partial charge in [0, 0.05) is 24.3 Å². The maximum absolute atomic E-state index is 12.1. The van der Waals surface area contributed by atoms with Gasteiger partial charge in [-0.2, -0.15) is 0 Å². The van der Waals surface area contributed by atoms with Crippen molar-refractivity contribution in [2.45, 2.75) is 20.8 Å². The fraction of sp³-hybridized carbons (Fsp3) is 0.375. The highest BCUT2D eigenvalue weighted by molar-refractivity contribution is 5.90. The van der Waals surface area contributed by atoms with Crippen molar-refractivity contribution in [1.29, 1.82) is 0 Å². The number of benzene rings is 1. The highest BCUT2D eigenvalue weighted by Crippen LogP contribution is 2.26. The second-order valence-corrected chi connectivity index (χ2v) is 5.06. The number of carbonyl (C=O) groups excluding carboxylic acids is 1. The number of hydrogen-bond acceptors (Lipinski definition) is 4. The van der Waals surface area contributed by atoms with Crippen molar-refractivity contribution < 1.29 is 14.3 Å². The predicted molar refractivity (Wildman–Crippen MR) is 84.8 cm³/mol. The average molecular weight is 303 g/mol. The number of oxazole rings is 1. The zero-order valence-electron chi connectivity index (χ0n) is 13.1. The average Bonchev–Trinajstić information content (AvgIpc) is 2.93. The van der Waals surface area contributed by atoms with Crippen molar-refractivity contribution in [3.8, 4) is 11.5 Å². The summed E-state index contributed by atoms with van der Waals surface area (Å²) in [6.45, 7) is 6.47. The van der Waals surface area contributed by atoms with Crippen molar-refractivity contribution in [1.82, 2.24) is 9.88 Å². The molecule has 0 aliphatic rings. The molecule has 0 aliphatic heterocycles. The Morgan fingerprint density at radius 1 is 1.41 bits per heavy atom. The number of amides is 2. The van der Waals surface area contributed by atoms with Gasteiger partial charge in [-0.05, 0) is 38.5 Å². The highest BCUT2D eigenvalue weighted by atomic mass is 16.3. The molecule has 0 fully saturated rings. The first-order chi connectivity index (χ1) is 10.5. The molecule has 1 aromatic carbocycles. The van der Waals surface area contributed by atoms with E-state index in [0.717, 1.165) is 16.8 Å². The number of aryl methyl sites for hydroxylation is 2. The van der Waals surface area contributed by atoms with Crippen molar-refractivity contribution >= 4 is 11.7 Å². The molecule has 0 saturated heterocycles. The molecule has 118 valence electrons. The fourth-order valence-corrected chi connectivity index (χ4v) is 2.13. The normalized spacial score (nSPS) is 10.5. The standard InChI is InChI=1S/C16H21N3O3/c1-4-19(7-8-20)16(21)18-13-6-5-11(2)14(9-13)15-17-12(3)10-22-15/h5-6,9-10,20H,4,7-8H2,1-3H3,(H,18,21). The first kappa shape index (κ1) is 16.0. The van der Waals surface area contributed by atoms with Crippen LogP contribution in [0.1, 0.15) is 18.2 Å². The molecule has 2 N–H and O–H groups in total. The van der Waals surface area contributed by atoms with Crippen LogP contribution in [-0.2, 0) is 0 Å². The Labute approximate surface area is 129 Å². The Hall–Kier alpha value is -2.34. The van der Waals surface area contributed by atoms with E-state index in [0.29, 0.717) is 24.7 Å². The minimum Gasteiger partial charge on any atom is -0.444 e. The van der Waals surface area contributed by atoms with Crippen LogP contribution in [0.4, 0.5) is 10.5 Å². The monoisotopic (exact) mass is 303 g/mol. The minimum atomic E-state index is -0.241. The molecule has 1 heterocycles. The van der Waals surface area contributed by atoms with Crippen molar-refractivity contribution in [2.24, 2.45) is 0 Å². The number of urea groups is 1. The summed E-state index contributed by atoms with van der Waals surface area (Å²) in [4.78, 5) is 18.0. The van der Waals surface area contributed by atoms with E-state index in [-0.39, 0.29) is 12.6 Å². The fourth-order valence-electron chi connectivity index (χ4n) is 2.13. The van der Waals surface area contributed by atoms with E-state index >= 15 is 0 Å². The van der Waals surface area contributed by atoms with Gasteiger partial charge in [0.25, 0.3) is 0 Å². The lowest BCUT2D eigenvalue weighted by atomic mass is 10.1. The van der Waals surface area contributed by atoms with Crippen molar-refractivity contribution in [3.05, 3.63) is 35.7 Å². The molecule has 0 unspecified atom stereocenters. The van der Waals surface area contributed by atoms with E-state index in [9.17, 15) is 4.79 Å². The van der Waals surface area contributed by atoms with E-state index in [4.69, 9.17) is 9.52 Å². The van der Waals surface area contributed by atoms with Gasteiger partial charge >= 0.3 is 6.03 Å². The third-order valence-electron chi connectivity index (χ3n) is 3.38. The van der Waals surface area contributed by atoms with Crippen LogP contribution in [0, 0.1) is 13.8 Å². The largest absolute Gasteiger partial charge is 0.444 e. The maximum atomic E-state index is 12.1. The second kappa shape index (κ2) is 7.09. The number of nitrogens with one attached hydrogen (secondary N) is 1. The Morgan fingerprint density at radius 3 is 2.77 bits per heavy atom. The molecule has 0 aliphatic carbocycles. The molecule has 1 aromatic heterocycles. The van der Waals surface area contributed by atoms with Crippen LogP contribution in [0.25, 0.3) is 11.5 Å². The van der Waals surface area contributed by atoms with Gasteiger partial charge in [-0.15, -0.1) is 0 Å². The number of aromatic nitrogens is 1. The Kier molecular flexibility index (Phi) is 5.16. The molecule has 0 spiro atoms. The number of anilines is 1. The van der Waals surface area contributed by atoms with Gasteiger partial charge in [-0.25, -0.2) is 9.78 Å². The minimum absolute atomic E-state index is 0.0595. The van der Waals surface area contributed by atoms with Gasteiger partial charge < -0.3 is 19.7 Å². The number of aliphatic hydroxyl groups is 1. The summed E-state index contributed by atoms with van der Waals surface area (Å²) in [6, 6.07) is 5.34. The van der Waals surface area contributed by atoms with Gasteiger partial charge in [0.05, 0.1) is 12.3 Å². The Balaban J connectivity index is 2.21. The van der Waals surface area contributed by atoms with Crippen molar-refractivity contribution in [2.75, 3.05) is 25.0 Å². The van der Waals surface area contributed by atoms with Crippen LogP contribution < -0.4 is 5.32 Å². The summed E-state index contributed by atoms with van der Waals surface area (Å²) >= 11 is 0. The molecule has 6 heteroatoms. The smallest absolute Gasteiger partial charge is 0.321 e. The SMILES string of the molecule is CCN(CCO)C(=O)Nc1ccc(C)c(-c2nc(C)co2)c1. The van der Waals surface area contributed by atoms with E-state index in [1.54, 1.807) is 6.26 Å².